The van der Waals surface area contributed by atoms with Gasteiger partial charge in [0, 0.05) is 18.7 Å². The van der Waals surface area contributed by atoms with Gasteiger partial charge in [-0.1, -0.05) is 99.2 Å². The van der Waals surface area contributed by atoms with Crippen LogP contribution in [0.1, 0.15) is 80.8 Å². The van der Waals surface area contributed by atoms with Crippen molar-refractivity contribution in [2.45, 2.75) is 84.9 Å². The molecule has 0 spiro atoms. The summed E-state index contributed by atoms with van der Waals surface area (Å²) < 4.78 is 5.55. The predicted octanol–water partition coefficient (Wildman–Crippen LogP) is 7.78. The Hall–Kier alpha value is -4.39. The summed E-state index contributed by atoms with van der Waals surface area (Å²) in [5.74, 6) is -0.689. The van der Waals surface area contributed by atoms with Crippen molar-refractivity contribution in [2.75, 3.05) is 11.9 Å². The highest BCUT2D eigenvalue weighted by molar-refractivity contribution is 6.00. The minimum atomic E-state index is -0.966. The van der Waals surface area contributed by atoms with Crippen LogP contribution in [-0.4, -0.2) is 41.0 Å². The predicted molar refractivity (Wildman–Crippen MR) is 178 cm³/mol. The number of para-hydroxylation sites is 1. The molecule has 0 saturated carbocycles. The van der Waals surface area contributed by atoms with Crippen molar-refractivity contribution in [1.29, 1.82) is 0 Å². The van der Waals surface area contributed by atoms with Gasteiger partial charge in [-0.2, -0.15) is 0 Å². The average molecular weight is 598 g/mol. The van der Waals surface area contributed by atoms with E-state index in [4.69, 9.17) is 4.74 Å². The molecule has 7 heteroatoms. The van der Waals surface area contributed by atoms with Crippen molar-refractivity contribution in [3.05, 3.63) is 107 Å². The summed E-state index contributed by atoms with van der Waals surface area (Å²) in [6.07, 6.45) is 3.78. The molecule has 0 heterocycles. The Bertz CT molecular complexity index is 1410. The number of carbonyl (C=O) groups is 3. The van der Waals surface area contributed by atoms with Crippen molar-refractivity contribution in [1.82, 2.24) is 10.2 Å². The number of benzene rings is 3. The minimum Gasteiger partial charge on any atom is -0.444 e. The number of alkyl carbamates (subject to hydrolysis) is 1. The maximum atomic E-state index is 14.7. The molecular weight excluding hydrogens is 550 g/mol. The van der Waals surface area contributed by atoms with Gasteiger partial charge in [0.15, 0.2) is 0 Å². The maximum Gasteiger partial charge on any atom is 0.408 e. The summed E-state index contributed by atoms with van der Waals surface area (Å²) in [6, 6.07) is 20.9. The van der Waals surface area contributed by atoms with Gasteiger partial charge in [0.2, 0.25) is 5.91 Å². The zero-order chi connectivity index (χ0) is 32.3. The van der Waals surface area contributed by atoms with Gasteiger partial charge in [-0.05, 0) is 74.9 Å². The molecule has 2 unspecified atom stereocenters. The Kier molecular flexibility index (Phi) is 12.3. The molecule has 0 saturated heterocycles. The second-order valence-electron chi connectivity index (χ2n) is 12.2. The summed E-state index contributed by atoms with van der Waals surface area (Å²) >= 11 is 0. The van der Waals surface area contributed by atoms with E-state index >= 15 is 0 Å². The van der Waals surface area contributed by atoms with Crippen LogP contribution in [-0.2, 0) is 20.7 Å². The van der Waals surface area contributed by atoms with Gasteiger partial charge >= 0.3 is 6.09 Å². The number of nitrogens with one attached hydrogen (secondary N) is 2. The van der Waals surface area contributed by atoms with Crippen LogP contribution in [0.3, 0.4) is 0 Å². The zero-order valence-electron chi connectivity index (χ0n) is 27.0. The fourth-order valence-electron chi connectivity index (χ4n) is 5.13. The molecule has 0 aliphatic carbocycles. The number of unbranched alkanes of at least 4 members (excludes halogenated alkanes) is 2. The van der Waals surface area contributed by atoms with Gasteiger partial charge in [0.05, 0.1) is 0 Å². The van der Waals surface area contributed by atoms with Crippen LogP contribution in [0.25, 0.3) is 6.08 Å². The first-order chi connectivity index (χ1) is 20.9. The third kappa shape index (κ3) is 9.83. The van der Waals surface area contributed by atoms with E-state index in [0.717, 1.165) is 40.8 Å². The Morgan fingerprint density at radius 1 is 0.932 bits per heavy atom. The Balaban J connectivity index is 2.12. The molecule has 2 N–H and O–H groups in total. The van der Waals surface area contributed by atoms with E-state index < -0.39 is 23.8 Å². The maximum absolute atomic E-state index is 14.7. The summed E-state index contributed by atoms with van der Waals surface area (Å²) in [4.78, 5) is 43.6. The summed E-state index contributed by atoms with van der Waals surface area (Å²) in [6.45, 7) is 15.5. The first-order valence-electron chi connectivity index (χ1n) is 15.4. The van der Waals surface area contributed by atoms with E-state index in [1.165, 1.54) is 0 Å². The molecule has 0 radical (unpaired) electrons. The summed E-state index contributed by atoms with van der Waals surface area (Å²) in [7, 11) is 0. The first kappa shape index (κ1) is 34.1. The topological polar surface area (TPSA) is 87.7 Å². The highest BCUT2D eigenvalue weighted by Gasteiger charge is 2.36. The van der Waals surface area contributed by atoms with E-state index in [2.05, 4.69) is 24.1 Å². The van der Waals surface area contributed by atoms with E-state index in [0.29, 0.717) is 18.5 Å². The number of rotatable bonds is 13. The van der Waals surface area contributed by atoms with Gasteiger partial charge in [0.25, 0.3) is 5.91 Å². The highest BCUT2D eigenvalue weighted by Crippen LogP contribution is 2.28. The molecule has 0 fully saturated rings. The monoisotopic (exact) mass is 597 g/mol. The molecular formula is C37H47N3O4. The smallest absolute Gasteiger partial charge is 0.408 e. The van der Waals surface area contributed by atoms with Crippen molar-refractivity contribution >= 4 is 29.7 Å². The lowest BCUT2D eigenvalue weighted by atomic mass is 9.98. The lowest BCUT2D eigenvalue weighted by molar-refractivity contribution is -0.140. The summed E-state index contributed by atoms with van der Waals surface area (Å²) in [5, 5.41) is 5.96. The zero-order valence-corrected chi connectivity index (χ0v) is 27.0. The number of aryl methyl sites for hydroxylation is 2. The Morgan fingerprint density at radius 3 is 2.20 bits per heavy atom. The van der Waals surface area contributed by atoms with Crippen LogP contribution in [0.2, 0.25) is 0 Å². The van der Waals surface area contributed by atoms with Crippen molar-refractivity contribution in [2.24, 2.45) is 0 Å². The van der Waals surface area contributed by atoms with Crippen molar-refractivity contribution in [3.8, 4) is 0 Å². The van der Waals surface area contributed by atoms with Crippen molar-refractivity contribution in [3.63, 3.8) is 0 Å². The average Bonchev–Trinajstić information content (AvgIpc) is 2.97. The molecule has 3 aromatic carbocycles. The number of nitrogens with zero attached hydrogens (tertiary/aromatic N) is 1. The number of amides is 3. The quantitative estimate of drug-likeness (QED) is 0.197. The summed E-state index contributed by atoms with van der Waals surface area (Å²) in [5.41, 5.74) is 4.19. The SMILES string of the molecule is C=Cc1cccc(C(C(=O)Nc2c(C)cccc2C)N(CCCCC)C(=O)C(Cc2ccccc2)NC(=O)OC(C)(C)C)c1. The fourth-order valence-corrected chi connectivity index (χ4v) is 5.13. The number of ether oxygens (including phenoxy) is 1. The van der Waals surface area contributed by atoms with Gasteiger partial charge in [-0.3, -0.25) is 9.59 Å². The molecule has 3 rings (SSSR count). The van der Waals surface area contributed by atoms with Crippen LogP contribution in [0.15, 0.2) is 79.4 Å². The second kappa shape index (κ2) is 15.9. The Labute approximate surface area is 262 Å². The third-order valence-electron chi connectivity index (χ3n) is 7.31. The second-order valence-corrected chi connectivity index (χ2v) is 12.2. The Morgan fingerprint density at radius 2 is 1.59 bits per heavy atom. The third-order valence-corrected chi connectivity index (χ3v) is 7.31. The van der Waals surface area contributed by atoms with E-state index in [-0.39, 0.29) is 18.2 Å². The van der Waals surface area contributed by atoms with Crippen LogP contribution in [0.5, 0.6) is 0 Å². The first-order valence-corrected chi connectivity index (χ1v) is 15.4. The standard InChI is InChI=1S/C37H47N3O4/c1-8-10-14-23-40(35(42)31(25-29-19-12-11-13-20-29)38-36(43)44-37(5,6)7)33(30-22-16-21-28(9-2)24-30)34(41)39-32-26(3)17-15-18-27(32)4/h9,11-13,15-22,24,31,33H,2,8,10,14,23,25H2,1,3-7H3,(H,38,43)(H,39,41). The lowest BCUT2D eigenvalue weighted by Gasteiger charge is -2.35. The number of hydrogen-bond acceptors (Lipinski definition) is 4. The molecule has 0 aliphatic rings. The highest BCUT2D eigenvalue weighted by atomic mass is 16.6. The number of anilines is 1. The van der Waals surface area contributed by atoms with Gasteiger partial charge in [-0.15, -0.1) is 0 Å². The van der Waals surface area contributed by atoms with Crippen LogP contribution >= 0.6 is 0 Å². The van der Waals surface area contributed by atoms with Gasteiger partial charge in [0.1, 0.15) is 17.7 Å². The number of carbonyl (C=O) groups excluding carboxylic acids is 3. The number of hydrogen-bond donors (Lipinski definition) is 2. The van der Waals surface area contributed by atoms with Crippen LogP contribution in [0.4, 0.5) is 10.5 Å². The van der Waals surface area contributed by atoms with Gasteiger partial charge < -0.3 is 20.3 Å². The van der Waals surface area contributed by atoms with Crippen molar-refractivity contribution < 1.29 is 19.1 Å². The molecule has 0 aliphatic heterocycles. The minimum absolute atomic E-state index is 0.237. The van der Waals surface area contributed by atoms with E-state index in [9.17, 15) is 14.4 Å². The van der Waals surface area contributed by atoms with Crippen LogP contribution < -0.4 is 10.6 Å². The molecule has 2 atom stereocenters. The van der Waals surface area contributed by atoms with E-state index in [1.54, 1.807) is 31.7 Å². The molecule has 234 valence electrons. The molecule has 0 bridgehead atoms. The lowest BCUT2D eigenvalue weighted by Crippen LogP contribution is -2.53. The largest absolute Gasteiger partial charge is 0.444 e. The molecule has 3 amide bonds. The molecule has 7 nitrogen and oxygen atoms in total. The fraction of sp³-hybridized carbons (Fsp3) is 0.378. The van der Waals surface area contributed by atoms with E-state index in [1.807, 2.05) is 86.6 Å². The molecule has 3 aromatic rings. The van der Waals surface area contributed by atoms with Gasteiger partial charge in [-0.25, -0.2) is 4.79 Å². The molecule has 44 heavy (non-hydrogen) atoms. The van der Waals surface area contributed by atoms with Crippen LogP contribution in [0, 0.1) is 13.8 Å². The molecule has 0 aromatic heterocycles. The normalized spacial score (nSPS) is 12.5.